The lowest BCUT2D eigenvalue weighted by molar-refractivity contribution is -0.117. The first-order chi connectivity index (χ1) is 15.9. The van der Waals surface area contributed by atoms with Gasteiger partial charge in [0, 0.05) is 29.6 Å². The standard InChI is InChI=1S/C22H25Cl3N2O5S2/c1-16(28)3-2-4-22(26-11-13-33(29,30)14-12-26)27(21-15-18(24)7-10-20(21)25)34(31,32)19-8-5-17(23)6-9-19/h5-10,15,22H,2-4,11-14H2,1H3/t22-/m1/s1. The molecule has 1 saturated heterocycles. The van der Waals surface area contributed by atoms with Crippen LogP contribution >= 0.6 is 34.8 Å². The van der Waals surface area contributed by atoms with E-state index in [0.29, 0.717) is 16.5 Å². The fraction of sp³-hybridized carbons (Fsp3) is 0.409. The molecule has 186 valence electrons. The normalized spacial score (nSPS) is 17.3. The third-order valence-corrected chi connectivity index (χ3v) is 9.82. The maximum Gasteiger partial charge on any atom is 0.265 e. The van der Waals surface area contributed by atoms with E-state index in [1.807, 2.05) is 4.90 Å². The van der Waals surface area contributed by atoms with Crippen LogP contribution in [0.15, 0.2) is 47.4 Å². The Morgan fingerprint density at radius 1 is 1.03 bits per heavy atom. The van der Waals surface area contributed by atoms with Crippen molar-refractivity contribution in [2.45, 2.75) is 37.2 Å². The Balaban J connectivity index is 2.15. The Bertz CT molecular complexity index is 1240. The fourth-order valence-corrected chi connectivity index (χ4v) is 7.29. The molecule has 7 nitrogen and oxygen atoms in total. The quantitative estimate of drug-likeness (QED) is 0.438. The Labute approximate surface area is 215 Å². The van der Waals surface area contributed by atoms with E-state index >= 15 is 0 Å². The van der Waals surface area contributed by atoms with Gasteiger partial charge < -0.3 is 4.79 Å². The SMILES string of the molecule is CC(=O)CCC[C@H](N1CCS(=O)(=O)CC1)N(c1cc(Cl)ccc1Cl)S(=O)(=O)c1ccc(Cl)cc1. The first-order valence-corrected chi connectivity index (χ1v) is 15.0. The predicted octanol–water partition coefficient (Wildman–Crippen LogP) is 4.66. The molecule has 0 amide bonds. The Morgan fingerprint density at radius 3 is 2.21 bits per heavy atom. The van der Waals surface area contributed by atoms with Gasteiger partial charge in [0.2, 0.25) is 0 Å². The van der Waals surface area contributed by atoms with Crippen LogP contribution in [-0.4, -0.2) is 58.3 Å². The largest absolute Gasteiger partial charge is 0.300 e. The van der Waals surface area contributed by atoms with Gasteiger partial charge in [-0.2, -0.15) is 0 Å². The first kappa shape index (κ1) is 27.2. The molecule has 1 fully saturated rings. The van der Waals surface area contributed by atoms with Crippen LogP contribution in [0.5, 0.6) is 0 Å². The number of anilines is 1. The molecule has 34 heavy (non-hydrogen) atoms. The molecule has 0 spiro atoms. The van der Waals surface area contributed by atoms with E-state index in [4.69, 9.17) is 34.8 Å². The van der Waals surface area contributed by atoms with E-state index in [9.17, 15) is 21.6 Å². The molecule has 2 aromatic rings. The average molecular weight is 568 g/mol. The number of rotatable bonds is 9. The molecule has 0 aromatic heterocycles. The third-order valence-electron chi connectivity index (χ3n) is 5.58. The van der Waals surface area contributed by atoms with E-state index < -0.39 is 26.0 Å². The Morgan fingerprint density at radius 2 is 1.62 bits per heavy atom. The van der Waals surface area contributed by atoms with E-state index in [2.05, 4.69) is 0 Å². The van der Waals surface area contributed by atoms with Crippen molar-refractivity contribution in [1.82, 2.24) is 4.90 Å². The molecular formula is C22H25Cl3N2O5S2. The number of hydrogen-bond acceptors (Lipinski definition) is 6. The number of nitrogens with zero attached hydrogens (tertiary/aromatic N) is 2. The number of benzene rings is 2. The lowest BCUT2D eigenvalue weighted by Crippen LogP contribution is -2.55. The zero-order chi connectivity index (χ0) is 25.1. The summed E-state index contributed by atoms with van der Waals surface area (Å²) < 4.78 is 53.3. The highest BCUT2D eigenvalue weighted by Crippen LogP contribution is 2.37. The summed E-state index contributed by atoms with van der Waals surface area (Å²) in [5.74, 6) is -0.198. The molecule has 0 radical (unpaired) electrons. The summed E-state index contributed by atoms with van der Waals surface area (Å²) in [4.78, 5) is 13.4. The van der Waals surface area contributed by atoms with Crippen LogP contribution in [0, 0.1) is 0 Å². The van der Waals surface area contributed by atoms with Crippen LogP contribution < -0.4 is 4.31 Å². The number of carbonyl (C=O) groups is 1. The summed E-state index contributed by atoms with van der Waals surface area (Å²) in [5.41, 5.74) is 0.172. The molecule has 0 N–H and O–H groups in total. The van der Waals surface area contributed by atoms with Crippen molar-refractivity contribution >= 4 is 66.1 Å². The topological polar surface area (TPSA) is 91.8 Å². The number of sulfone groups is 1. The smallest absolute Gasteiger partial charge is 0.265 e. The van der Waals surface area contributed by atoms with Gasteiger partial charge in [-0.05, 0) is 62.2 Å². The van der Waals surface area contributed by atoms with Crippen molar-refractivity contribution in [2.75, 3.05) is 28.9 Å². The lowest BCUT2D eigenvalue weighted by Gasteiger charge is -2.42. The van der Waals surface area contributed by atoms with E-state index in [1.54, 1.807) is 6.07 Å². The molecule has 0 unspecified atom stereocenters. The maximum atomic E-state index is 14.0. The van der Waals surface area contributed by atoms with Crippen LogP contribution in [0.1, 0.15) is 26.2 Å². The number of hydrogen-bond donors (Lipinski definition) is 0. The zero-order valence-corrected chi connectivity index (χ0v) is 22.4. The molecule has 1 heterocycles. The van der Waals surface area contributed by atoms with Gasteiger partial charge in [-0.15, -0.1) is 0 Å². The van der Waals surface area contributed by atoms with Gasteiger partial charge in [0.1, 0.15) is 5.78 Å². The summed E-state index contributed by atoms with van der Waals surface area (Å²) in [7, 11) is -7.39. The molecule has 2 aromatic carbocycles. The van der Waals surface area contributed by atoms with Crippen LogP contribution in [0.2, 0.25) is 15.1 Å². The van der Waals surface area contributed by atoms with Gasteiger partial charge in [-0.25, -0.2) is 21.1 Å². The fourth-order valence-electron chi connectivity index (χ4n) is 3.83. The molecule has 3 rings (SSSR count). The second-order valence-corrected chi connectivity index (χ2v) is 13.5. The second kappa shape index (κ2) is 11.1. The molecule has 0 aliphatic carbocycles. The van der Waals surface area contributed by atoms with Gasteiger partial charge >= 0.3 is 0 Å². The van der Waals surface area contributed by atoms with Gasteiger partial charge in [-0.3, -0.25) is 4.90 Å². The Kier molecular flexibility index (Phi) is 8.92. The lowest BCUT2D eigenvalue weighted by atomic mass is 10.1. The third kappa shape index (κ3) is 6.65. The van der Waals surface area contributed by atoms with Crippen molar-refractivity contribution < 1.29 is 21.6 Å². The predicted molar refractivity (Wildman–Crippen MR) is 136 cm³/mol. The van der Waals surface area contributed by atoms with E-state index in [1.165, 1.54) is 47.6 Å². The summed E-state index contributed by atoms with van der Waals surface area (Å²) in [5, 5.41) is 0.841. The van der Waals surface area contributed by atoms with Gasteiger partial charge in [0.05, 0.1) is 33.3 Å². The summed E-state index contributed by atoms with van der Waals surface area (Å²) in [6, 6.07) is 10.3. The average Bonchev–Trinajstić information content (AvgIpc) is 2.75. The second-order valence-electron chi connectivity index (χ2n) is 8.11. The summed E-state index contributed by atoms with van der Waals surface area (Å²) in [6.07, 6.45) is 0.177. The molecular weight excluding hydrogens is 543 g/mol. The number of Topliss-reactive ketones (excluding diaryl/α,β-unsaturated/α-hetero) is 1. The summed E-state index contributed by atoms with van der Waals surface area (Å²) in [6.45, 7) is 1.77. The molecule has 0 bridgehead atoms. The van der Waals surface area contributed by atoms with Crippen molar-refractivity contribution in [3.8, 4) is 0 Å². The highest BCUT2D eigenvalue weighted by atomic mass is 35.5. The van der Waals surface area contributed by atoms with Crippen molar-refractivity contribution in [2.24, 2.45) is 0 Å². The minimum Gasteiger partial charge on any atom is -0.300 e. The minimum atomic E-state index is -4.18. The highest BCUT2D eigenvalue weighted by molar-refractivity contribution is 7.93. The van der Waals surface area contributed by atoms with Gasteiger partial charge in [0.25, 0.3) is 10.0 Å². The molecule has 12 heteroatoms. The summed E-state index contributed by atoms with van der Waals surface area (Å²) >= 11 is 18.7. The van der Waals surface area contributed by atoms with Crippen LogP contribution in [-0.2, 0) is 24.7 Å². The van der Waals surface area contributed by atoms with Crippen molar-refractivity contribution in [3.63, 3.8) is 0 Å². The number of halogens is 3. The molecule has 1 aliphatic rings. The minimum absolute atomic E-state index is 0.00542. The van der Waals surface area contributed by atoms with Crippen LogP contribution in [0.3, 0.4) is 0 Å². The van der Waals surface area contributed by atoms with Gasteiger partial charge in [-0.1, -0.05) is 34.8 Å². The van der Waals surface area contributed by atoms with Crippen LogP contribution in [0.4, 0.5) is 5.69 Å². The van der Waals surface area contributed by atoms with Gasteiger partial charge in [0.15, 0.2) is 9.84 Å². The molecule has 1 atom stereocenters. The number of carbonyl (C=O) groups excluding carboxylic acids is 1. The highest BCUT2D eigenvalue weighted by Gasteiger charge is 2.38. The van der Waals surface area contributed by atoms with Crippen LogP contribution in [0.25, 0.3) is 0 Å². The van der Waals surface area contributed by atoms with Crippen molar-refractivity contribution in [3.05, 3.63) is 57.5 Å². The molecule has 1 aliphatic heterocycles. The monoisotopic (exact) mass is 566 g/mol. The Hall–Kier alpha value is -1.36. The van der Waals surface area contributed by atoms with Crippen molar-refractivity contribution in [1.29, 1.82) is 0 Å². The molecule has 0 saturated carbocycles. The number of sulfonamides is 1. The maximum absolute atomic E-state index is 14.0. The zero-order valence-electron chi connectivity index (χ0n) is 18.5. The van der Waals surface area contributed by atoms with E-state index in [0.717, 1.165) is 0 Å². The number of ketones is 1. The van der Waals surface area contributed by atoms with E-state index in [-0.39, 0.29) is 58.8 Å². The first-order valence-electron chi connectivity index (χ1n) is 10.6.